The van der Waals surface area contributed by atoms with Crippen molar-refractivity contribution >= 4 is 23.5 Å². The molecule has 0 bridgehead atoms. The predicted octanol–water partition coefficient (Wildman–Crippen LogP) is 1.47. The highest BCUT2D eigenvalue weighted by molar-refractivity contribution is 6.31. The SMILES string of the molecule is O=C1NCc2c(C(=O)O)ncn2-c2ccc(Cl)cc21. The van der Waals surface area contributed by atoms with Gasteiger partial charge < -0.3 is 10.4 Å². The lowest BCUT2D eigenvalue weighted by atomic mass is 10.1. The number of nitrogens with one attached hydrogen (secondary N) is 1. The third kappa shape index (κ3) is 1.77. The molecule has 1 amide bonds. The van der Waals surface area contributed by atoms with E-state index in [-0.39, 0.29) is 18.1 Å². The van der Waals surface area contributed by atoms with Crippen LogP contribution in [0.1, 0.15) is 26.5 Å². The van der Waals surface area contributed by atoms with Gasteiger partial charge in [0.2, 0.25) is 0 Å². The number of amides is 1. The van der Waals surface area contributed by atoms with Crippen LogP contribution < -0.4 is 5.32 Å². The van der Waals surface area contributed by atoms with E-state index in [1.54, 1.807) is 22.8 Å². The van der Waals surface area contributed by atoms with Crippen LogP contribution in [-0.2, 0) is 6.54 Å². The molecular formula is C12H8ClN3O3. The topological polar surface area (TPSA) is 84.2 Å². The molecule has 96 valence electrons. The fourth-order valence-corrected chi connectivity index (χ4v) is 2.26. The average Bonchev–Trinajstić information content (AvgIpc) is 2.74. The largest absolute Gasteiger partial charge is 0.476 e. The number of carboxylic acids is 1. The number of carbonyl (C=O) groups is 2. The summed E-state index contributed by atoms with van der Waals surface area (Å²) >= 11 is 5.88. The highest BCUT2D eigenvalue weighted by Gasteiger charge is 2.25. The molecule has 1 aromatic carbocycles. The van der Waals surface area contributed by atoms with E-state index < -0.39 is 5.97 Å². The van der Waals surface area contributed by atoms with Gasteiger partial charge in [-0.05, 0) is 18.2 Å². The molecule has 6 nitrogen and oxygen atoms in total. The molecule has 19 heavy (non-hydrogen) atoms. The van der Waals surface area contributed by atoms with Crippen molar-refractivity contribution in [3.63, 3.8) is 0 Å². The molecule has 0 aliphatic carbocycles. The predicted molar refractivity (Wildman–Crippen MR) is 66.7 cm³/mol. The zero-order valence-corrected chi connectivity index (χ0v) is 10.3. The number of imidazole rings is 1. The summed E-state index contributed by atoms with van der Waals surface area (Å²) in [6.07, 6.45) is 1.39. The van der Waals surface area contributed by atoms with E-state index in [0.717, 1.165) is 0 Å². The Labute approximate surface area is 112 Å². The smallest absolute Gasteiger partial charge is 0.356 e. The third-order valence-corrected chi connectivity index (χ3v) is 3.18. The second-order valence-electron chi connectivity index (χ2n) is 4.06. The second kappa shape index (κ2) is 4.10. The van der Waals surface area contributed by atoms with Gasteiger partial charge in [0.05, 0.1) is 23.5 Å². The summed E-state index contributed by atoms with van der Waals surface area (Å²) in [4.78, 5) is 26.9. The van der Waals surface area contributed by atoms with Crippen molar-refractivity contribution in [2.75, 3.05) is 0 Å². The van der Waals surface area contributed by atoms with Crippen LogP contribution in [0, 0.1) is 0 Å². The number of nitrogens with zero attached hydrogens (tertiary/aromatic N) is 2. The van der Waals surface area contributed by atoms with Crippen LogP contribution in [0.4, 0.5) is 0 Å². The van der Waals surface area contributed by atoms with Crippen LogP contribution in [0.3, 0.4) is 0 Å². The normalized spacial score (nSPS) is 13.2. The summed E-state index contributed by atoms with van der Waals surface area (Å²) in [5.41, 5.74) is 1.32. The number of hydrogen-bond acceptors (Lipinski definition) is 3. The molecule has 7 heteroatoms. The molecule has 0 spiro atoms. The van der Waals surface area contributed by atoms with Crippen molar-refractivity contribution in [3.05, 3.63) is 46.5 Å². The fourth-order valence-electron chi connectivity index (χ4n) is 2.09. The van der Waals surface area contributed by atoms with Gasteiger partial charge in [0.1, 0.15) is 6.33 Å². The van der Waals surface area contributed by atoms with Gasteiger partial charge in [-0.1, -0.05) is 11.6 Å². The highest BCUT2D eigenvalue weighted by Crippen LogP contribution is 2.25. The first-order valence-electron chi connectivity index (χ1n) is 5.45. The molecule has 0 atom stereocenters. The van der Waals surface area contributed by atoms with E-state index >= 15 is 0 Å². The van der Waals surface area contributed by atoms with Gasteiger partial charge in [-0.3, -0.25) is 9.36 Å². The maximum atomic E-state index is 12.0. The van der Waals surface area contributed by atoms with Crippen LogP contribution in [0.25, 0.3) is 5.69 Å². The van der Waals surface area contributed by atoms with Gasteiger partial charge in [-0.25, -0.2) is 9.78 Å². The minimum absolute atomic E-state index is 0.0666. The Bertz CT molecular complexity index is 708. The van der Waals surface area contributed by atoms with Crippen molar-refractivity contribution in [1.29, 1.82) is 0 Å². The average molecular weight is 278 g/mol. The highest BCUT2D eigenvalue weighted by atomic mass is 35.5. The molecule has 3 rings (SSSR count). The summed E-state index contributed by atoms with van der Waals surface area (Å²) in [5.74, 6) is -1.42. The van der Waals surface area contributed by atoms with Gasteiger partial charge in [0.25, 0.3) is 5.91 Å². The lowest BCUT2D eigenvalue weighted by Crippen LogP contribution is -2.22. The molecule has 2 aromatic rings. The Kier molecular flexibility index (Phi) is 2.53. The van der Waals surface area contributed by atoms with Crippen LogP contribution in [0.2, 0.25) is 5.02 Å². The Balaban J connectivity index is 2.28. The number of carboxylic acid groups (broad SMARTS) is 1. The molecule has 0 unspecified atom stereocenters. The quantitative estimate of drug-likeness (QED) is 0.827. The molecule has 0 saturated carbocycles. The van der Waals surface area contributed by atoms with Gasteiger partial charge in [0, 0.05) is 5.02 Å². The Morgan fingerprint density at radius 2 is 2.26 bits per heavy atom. The number of carbonyl (C=O) groups excluding carboxylic acids is 1. The summed E-state index contributed by atoms with van der Waals surface area (Å²) in [7, 11) is 0. The minimum Gasteiger partial charge on any atom is -0.476 e. The Morgan fingerprint density at radius 1 is 1.47 bits per heavy atom. The maximum Gasteiger partial charge on any atom is 0.356 e. The zero-order valence-electron chi connectivity index (χ0n) is 9.55. The van der Waals surface area contributed by atoms with Crippen molar-refractivity contribution in [3.8, 4) is 5.69 Å². The van der Waals surface area contributed by atoms with Crippen LogP contribution in [0.5, 0.6) is 0 Å². The van der Waals surface area contributed by atoms with Crippen molar-refractivity contribution in [2.45, 2.75) is 6.54 Å². The number of hydrogen-bond donors (Lipinski definition) is 2. The van der Waals surface area contributed by atoms with Gasteiger partial charge in [-0.15, -0.1) is 0 Å². The monoisotopic (exact) mass is 277 g/mol. The van der Waals surface area contributed by atoms with Gasteiger partial charge >= 0.3 is 5.97 Å². The first-order valence-corrected chi connectivity index (χ1v) is 5.83. The van der Waals surface area contributed by atoms with Crippen LogP contribution in [-0.4, -0.2) is 26.5 Å². The van der Waals surface area contributed by atoms with E-state index in [1.165, 1.54) is 6.33 Å². The lowest BCUT2D eigenvalue weighted by Gasteiger charge is -2.07. The first kappa shape index (κ1) is 11.7. The van der Waals surface area contributed by atoms with E-state index in [9.17, 15) is 9.59 Å². The molecule has 1 aromatic heterocycles. The number of rotatable bonds is 1. The van der Waals surface area contributed by atoms with E-state index in [0.29, 0.717) is 22.0 Å². The Hall–Kier alpha value is -2.34. The summed E-state index contributed by atoms with van der Waals surface area (Å²) in [6, 6.07) is 4.85. The molecule has 0 radical (unpaired) electrons. The molecule has 0 fully saturated rings. The molecular weight excluding hydrogens is 270 g/mol. The lowest BCUT2D eigenvalue weighted by molar-refractivity contribution is 0.0688. The van der Waals surface area contributed by atoms with Crippen LogP contribution >= 0.6 is 11.6 Å². The molecule has 0 saturated heterocycles. The molecule has 2 N–H and O–H groups in total. The van der Waals surface area contributed by atoms with Crippen LogP contribution in [0.15, 0.2) is 24.5 Å². The number of aromatic carboxylic acids is 1. The van der Waals surface area contributed by atoms with E-state index in [1.807, 2.05) is 0 Å². The van der Waals surface area contributed by atoms with E-state index in [2.05, 4.69) is 10.3 Å². The first-order chi connectivity index (χ1) is 9.08. The van der Waals surface area contributed by atoms with Gasteiger partial charge in [-0.2, -0.15) is 0 Å². The van der Waals surface area contributed by atoms with Crippen molar-refractivity contribution < 1.29 is 14.7 Å². The minimum atomic E-state index is -1.12. The summed E-state index contributed by atoms with van der Waals surface area (Å²) in [6.45, 7) is 0.104. The standard InChI is InChI=1S/C12H8ClN3O3/c13-6-1-2-8-7(3-6)11(17)14-4-9-10(12(18)19)15-5-16(8)9/h1-3,5H,4H2,(H,14,17)(H,18,19). The third-order valence-electron chi connectivity index (χ3n) is 2.95. The number of benzene rings is 1. The Morgan fingerprint density at radius 3 is 3.00 bits per heavy atom. The van der Waals surface area contributed by atoms with Crippen molar-refractivity contribution in [1.82, 2.24) is 14.9 Å². The zero-order chi connectivity index (χ0) is 13.6. The molecule has 1 aliphatic rings. The van der Waals surface area contributed by atoms with E-state index in [4.69, 9.17) is 16.7 Å². The second-order valence-corrected chi connectivity index (χ2v) is 4.50. The van der Waals surface area contributed by atoms with Gasteiger partial charge in [0.15, 0.2) is 5.69 Å². The molecule has 1 aliphatic heterocycles. The maximum absolute atomic E-state index is 12.0. The number of fused-ring (bicyclic) bond motifs is 3. The number of aromatic nitrogens is 2. The fraction of sp³-hybridized carbons (Fsp3) is 0.0833. The summed E-state index contributed by atoms with van der Waals surface area (Å²) in [5, 5.41) is 12.2. The molecule has 2 heterocycles. The number of halogens is 1. The van der Waals surface area contributed by atoms with Crippen molar-refractivity contribution in [2.24, 2.45) is 0 Å². The summed E-state index contributed by atoms with van der Waals surface area (Å²) < 4.78 is 1.59.